The van der Waals surface area contributed by atoms with Crippen LogP contribution >= 0.6 is 0 Å². The molecule has 1 aliphatic carbocycles. The van der Waals surface area contributed by atoms with Crippen molar-refractivity contribution in [3.8, 4) is 0 Å². The van der Waals surface area contributed by atoms with E-state index in [4.69, 9.17) is 10.5 Å². The fourth-order valence-electron chi connectivity index (χ4n) is 4.28. The molecule has 2 heterocycles. The Hall–Kier alpha value is -0.910. The number of hydrogen-bond acceptors (Lipinski definition) is 4. The van der Waals surface area contributed by atoms with E-state index < -0.39 is 0 Å². The molecule has 1 saturated heterocycles. The standard InChI is InChI=1S/C16H28N4O/c1-15(2)14-12(6-5-9-21-14)16(15,17)11-19(3)10-13-18-7-8-20(13)4/h7-8,12,14H,5-6,9-11,17H2,1-4H3. The van der Waals surface area contributed by atoms with E-state index in [1.165, 1.54) is 6.42 Å². The van der Waals surface area contributed by atoms with Gasteiger partial charge in [-0.2, -0.15) is 0 Å². The van der Waals surface area contributed by atoms with Crippen molar-refractivity contribution in [2.24, 2.45) is 24.1 Å². The highest BCUT2D eigenvalue weighted by atomic mass is 16.5. The topological polar surface area (TPSA) is 56.3 Å². The SMILES string of the molecule is CN(Cc1nccn1C)CC1(N)C2CCCOC2C1(C)C. The Morgan fingerprint density at radius 1 is 1.52 bits per heavy atom. The highest BCUT2D eigenvalue weighted by Gasteiger charge is 2.66. The molecule has 1 aromatic heterocycles. The van der Waals surface area contributed by atoms with Crippen LogP contribution in [0.15, 0.2) is 12.4 Å². The quantitative estimate of drug-likeness (QED) is 0.911. The lowest BCUT2D eigenvalue weighted by Crippen LogP contribution is -2.80. The summed E-state index contributed by atoms with van der Waals surface area (Å²) in [4.78, 5) is 6.70. The minimum Gasteiger partial charge on any atom is -0.377 e. The largest absolute Gasteiger partial charge is 0.377 e. The zero-order valence-electron chi connectivity index (χ0n) is 13.7. The molecule has 5 heteroatoms. The van der Waals surface area contributed by atoms with Gasteiger partial charge in [-0.15, -0.1) is 0 Å². The van der Waals surface area contributed by atoms with E-state index >= 15 is 0 Å². The van der Waals surface area contributed by atoms with Crippen molar-refractivity contribution in [2.45, 2.75) is 44.9 Å². The van der Waals surface area contributed by atoms with Crippen LogP contribution < -0.4 is 5.73 Å². The molecule has 21 heavy (non-hydrogen) atoms. The summed E-state index contributed by atoms with van der Waals surface area (Å²) in [7, 11) is 4.17. The summed E-state index contributed by atoms with van der Waals surface area (Å²) in [5.41, 5.74) is 6.72. The van der Waals surface area contributed by atoms with Gasteiger partial charge in [0.1, 0.15) is 5.82 Å². The van der Waals surface area contributed by atoms with Gasteiger partial charge in [-0.1, -0.05) is 13.8 Å². The van der Waals surface area contributed by atoms with E-state index in [-0.39, 0.29) is 11.0 Å². The molecule has 118 valence electrons. The summed E-state index contributed by atoms with van der Waals surface area (Å²) in [6.07, 6.45) is 6.50. The van der Waals surface area contributed by atoms with Gasteiger partial charge < -0.3 is 15.0 Å². The Morgan fingerprint density at radius 3 is 2.95 bits per heavy atom. The molecular weight excluding hydrogens is 264 g/mol. The minimum absolute atomic E-state index is 0.0357. The second-order valence-electron chi connectivity index (χ2n) is 7.43. The molecule has 5 nitrogen and oxygen atoms in total. The lowest BCUT2D eigenvalue weighted by molar-refractivity contribution is -0.231. The summed E-state index contributed by atoms with van der Waals surface area (Å²) < 4.78 is 8.05. The Balaban J connectivity index is 1.69. The number of fused-ring (bicyclic) bond motifs is 1. The average Bonchev–Trinajstić information content (AvgIpc) is 2.84. The lowest BCUT2D eigenvalue weighted by atomic mass is 9.46. The van der Waals surface area contributed by atoms with E-state index in [0.717, 1.165) is 31.9 Å². The van der Waals surface area contributed by atoms with Gasteiger partial charge in [-0.05, 0) is 19.9 Å². The number of nitrogens with zero attached hydrogens (tertiary/aromatic N) is 3. The predicted molar refractivity (Wildman–Crippen MR) is 82.7 cm³/mol. The molecule has 1 aliphatic heterocycles. The molecule has 3 atom stereocenters. The molecule has 0 bridgehead atoms. The molecular formula is C16H28N4O. The van der Waals surface area contributed by atoms with Crippen molar-refractivity contribution in [1.82, 2.24) is 14.5 Å². The van der Waals surface area contributed by atoms with E-state index in [9.17, 15) is 0 Å². The maximum absolute atomic E-state index is 6.85. The number of ether oxygens (including phenoxy) is 1. The average molecular weight is 292 g/mol. The number of hydrogen-bond donors (Lipinski definition) is 1. The highest BCUT2D eigenvalue weighted by Crippen LogP contribution is 2.57. The summed E-state index contributed by atoms with van der Waals surface area (Å²) in [6, 6.07) is 0. The molecule has 3 unspecified atom stereocenters. The van der Waals surface area contributed by atoms with Crippen LogP contribution in [-0.4, -0.2) is 46.3 Å². The molecule has 0 amide bonds. The first kappa shape index (κ1) is 15.0. The van der Waals surface area contributed by atoms with Gasteiger partial charge >= 0.3 is 0 Å². The Bertz CT molecular complexity index is 512. The molecule has 0 radical (unpaired) electrons. The van der Waals surface area contributed by atoms with Crippen molar-refractivity contribution in [1.29, 1.82) is 0 Å². The maximum atomic E-state index is 6.85. The maximum Gasteiger partial charge on any atom is 0.122 e. The van der Waals surface area contributed by atoms with E-state index in [1.54, 1.807) is 0 Å². The van der Waals surface area contributed by atoms with Crippen LogP contribution in [0, 0.1) is 11.3 Å². The van der Waals surface area contributed by atoms with E-state index in [2.05, 4.69) is 35.3 Å². The van der Waals surface area contributed by atoms with Crippen molar-refractivity contribution in [3.63, 3.8) is 0 Å². The van der Waals surface area contributed by atoms with Gasteiger partial charge in [0.05, 0.1) is 12.6 Å². The second kappa shape index (κ2) is 5.07. The molecule has 0 aromatic carbocycles. The van der Waals surface area contributed by atoms with Crippen LogP contribution in [0.5, 0.6) is 0 Å². The van der Waals surface area contributed by atoms with Crippen molar-refractivity contribution in [2.75, 3.05) is 20.2 Å². The predicted octanol–water partition coefficient (Wildman–Crippen LogP) is 1.38. The number of nitrogens with two attached hydrogens (primary N) is 1. The molecule has 2 N–H and O–H groups in total. The Kier molecular flexibility index (Phi) is 3.62. The first-order chi connectivity index (χ1) is 9.86. The van der Waals surface area contributed by atoms with Crippen LogP contribution in [-0.2, 0) is 18.3 Å². The summed E-state index contributed by atoms with van der Waals surface area (Å²) in [6.45, 7) is 7.13. The van der Waals surface area contributed by atoms with Gasteiger partial charge in [0, 0.05) is 49.5 Å². The third-order valence-electron chi connectivity index (χ3n) is 5.76. The van der Waals surface area contributed by atoms with Gasteiger partial charge in [0.2, 0.25) is 0 Å². The van der Waals surface area contributed by atoms with Gasteiger partial charge in [-0.3, -0.25) is 4.90 Å². The molecule has 1 saturated carbocycles. The zero-order valence-corrected chi connectivity index (χ0v) is 13.7. The first-order valence-corrected chi connectivity index (χ1v) is 7.91. The second-order valence-corrected chi connectivity index (χ2v) is 7.43. The van der Waals surface area contributed by atoms with E-state index in [0.29, 0.717) is 12.0 Å². The van der Waals surface area contributed by atoms with Gasteiger partial charge in [0.25, 0.3) is 0 Å². The molecule has 3 rings (SSSR count). The summed E-state index contributed by atoms with van der Waals surface area (Å²) in [5, 5.41) is 0. The molecule has 2 aliphatic rings. The fourth-order valence-corrected chi connectivity index (χ4v) is 4.28. The van der Waals surface area contributed by atoms with Crippen LogP contribution in [0.1, 0.15) is 32.5 Å². The summed E-state index contributed by atoms with van der Waals surface area (Å²) in [5.74, 6) is 1.57. The molecule has 1 aromatic rings. The Morgan fingerprint density at radius 2 is 2.29 bits per heavy atom. The van der Waals surface area contributed by atoms with Crippen LogP contribution in [0.2, 0.25) is 0 Å². The smallest absolute Gasteiger partial charge is 0.122 e. The third-order valence-corrected chi connectivity index (χ3v) is 5.76. The number of imidazole rings is 1. The lowest BCUT2D eigenvalue weighted by Gasteiger charge is -2.67. The first-order valence-electron chi connectivity index (χ1n) is 7.91. The fraction of sp³-hybridized carbons (Fsp3) is 0.812. The minimum atomic E-state index is -0.169. The molecule has 2 fully saturated rings. The number of likely N-dealkylation sites (N-methyl/N-ethyl adjacent to an activating group) is 1. The number of aryl methyl sites for hydroxylation is 1. The van der Waals surface area contributed by atoms with Crippen molar-refractivity contribution >= 4 is 0 Å². The normalized spacial score (nSPS) is 34.6. The van der Waals surface area contributed by atoms with E-state index in [1.807, 2.05) is 19.4 Å². The Labute approximate surface area is 127 Å². The number of rotatable bonds is 4. The van der Waals surface area contributed by atoms with Crippen molar-refractivity contribution < 1.29 is 4.74 Å². The van der Waals surface area contributed by atoms with Gasteiger partial charge in [0.15, 0.2) is 0 Å². The van der Waals surface area contributed by atoms with Crippen LogP contribution in [0.3, 0.4) is 0 Å². The highest BCUT2D eigenvalue weighted by molar-refractivity contribution is 5.20. The number of aromatic nitrogens is 2. The summed E-state index contributed by atoms with van der Waals surface area (Å²) >= 11 is 0. The zero-order chi connectivity index (χ0) is 15.3. The molecule has 0 spiro atoms. The van der Waals surface area contributed by atoms with Crippen LogP contribution in [0.25, 0.3) is 0 Å². The van der Waals surface area contributed by atoms with Crippen LogP contribution in [0.4, 0.5) is 0 Å². The van der Waals surface area contributed by atoms with Crippen molar-refractivity contribution in [3.05, 3.63) is 18.2 Å². The monoisotopic (exact) mass is 292 g/mol. The third kappa shape index (κ3) is 2.22. The van der Waals surface area contributed by atoms with Gasteiger partial charge in [-0.25, -0.2) is 4.98 Å².